The Bertz CT molecular complexity index is 360. The van der Waals surface area contributed by atoms with Crippen molar-refractivity contribution >= 4 is 11.7 Å². The molecule has 16 heavy (non-hydrogen) atoms. The van der Waals surface area contributed by atoms with Gasteiger partial charge < -0.3 is 15.2 Å². The van der Waals surface area contributed by atoms with Crippen LogP contribution in [-0.2, 0) is 4.74 Å². The van der Waals surface area contributed by atoms with Crippen LogP contribution in [0.3, 0.4) is 0 Å². The molecule has 0 bridgehead atoms. The Balaban J connectivity index is 2.59. The molecule has 88 valence electrons. The molecule has 0 aliphatic heterocycles. The summed E-state index contributed by atoms with van der Waals surface area (Å²) in [5, 5.41) is 11.8. The van der Waals surface area contributed by atoms with Gasteiger partial charge in [0.25, 0.3) is 0 Å². The standard InChI is InChI=1S/C11H16N2O3/c1-11(2,16-3)7-13-8-4-5-9(10(14)15)12-6-8/h4-6,13H,7H2,1-3H3,(H,14,15). The second-order valence-corrected chi connectivity index (χ2v) is 4.05. The van der Waals surface area contributed by atoms with Gasteiger partial charge in [-0.3, -0.25) is 0 Å². The largest absolute Gasteiger partial charge is 0.477 e. The summed E-state index contributed by atoms with van der Waals surface area (Å²) in [6.45, 7) is 4.54. The number of carboxylic acids is 1. The number of hydrogen-bond acceptors (Lipinski definition) is 4. The number of aromatic carboxylic acids is 1. The number of nitrogens with one attached hydrogen (secondary N) is 1. The molecule has 5 nitrogen and oxygen atoms in total. The molecular formula is C11H16N2O3. The number of methoxy groups -OCH3 is 1. The minimum absolute atomic E-state index is 0.0385. The van der Waals surface area contributed by atoms with Crippen molar-refractivity contribution in [3.63, 3.8) is 0 Å². The highest BCUT2D eigenvalue weighted by Crippen LogP contribution is 2.11. The van der Waals surface area contributed by atoms with Gasteiger partial charge in [-0.25, -0.2) is 9.78 Å². The lowest BCUT2D eigenvalue weighted by molar-refractivity contribution is 0.0343. The van der Waals surface area contributed by atoms with E-state index < -0.39 is 5.97 Å². The van der Waals surface area contributed by atoms with Crippen molar-refractivity contribution in [2.24, 2.45) is 0 Å². The molecule has 0 atom stereocenters. The van der Waals surface area contributed by atoms with Gasteiger partial charge in [0.1, 0.15) is 5.69 Å². The first kappa shape index (κ1) is 12.4. The zero-order valence-electron chi connectivity index (χ0n) is 9.65. The van der Waals surface area contributed by atoms with Crippen molar-refractivity contribution in [3.8, 4) is 0 Å². The molecule has 1 aromatic rings. The van der Waals surface area contributed by atoms with E-state index in [2.05, 4.69) is 10.3 Å². The van der Waals surface area contributed by atoms with Gasteiger partial charge in [0.2, 0.25) is 0 Å². The Morgan fingerprint density at radius 2 is 2.25 bits per heavy atom. The van der Waals surface area contributed by atoms with E-state index in [1.165, 1.54) is 12.3 Å². The van der Waals surface area contributed by atoms with E-state index in [-0.39, 0.29) is 11.3 Å². The number of carboxylic acid groups (broad SMARTS) is 1. The van der Waals surface area contributed by atoms with E-state index in [0.717, 1.165) is 5.69 Å². The quantitative estimate of drug-likeness (QED) is 0.795. The summed E-state index contributed by atoms with van der Waals surface area (Å²) in [5.41, 5.74) is 0.539. The van der Waals surface area contributed by atoms with Gasteiger partial charge in [0.05, 0.1) is 17.5 Å². The first-order valence-corrected chi connectivity index (χ1v) is 4.93. The van der Waals surface area contributed by atoms with Crippen LogP contribution in [0.15, 0.2) is 18.3 Å². The number of ether oxygens (including phenoxy) is 1. The number of anilines is 1. The molecule has 1 heterocycles. The van der Waals surface area contributed by atoms with Gasteiger partial charge in [-0.15, -0.1) is 0 Å². The third-order valence-electron chi connectivity index (χ3n) is 2.25. The fraction of sp³-hybridized carbons (Fsp3) is 0.455. The molecule has 0 amide bonds. The van der Waals surface area contributed by atoms with Crippen LogP contribution in [0.25, 0.3) is 0 Å². The first-order valence-electron chi connectivity index (χ1n) is 4.93. The fourth-order valence-electron chi connectivity index (χ4n) is 1.01. The SMILES string of the molecule is COC(C)(C)CNc1ccc(C(=O)O)nc1. The molecule has 0 saturated carbocycles. The number of aromatic nitrogens is 1. The average molecular weight is 224 g/mol. The lowest BCUT2D eigenvalue weighted by atomic mass is 10.1. The molecule has 0 aliphatic rings. The van der Waals surface area contributed by atoms with Crippen LogP contribution in [0.4, 0.5) is 5.69 Å². The Hall–Kier alpha value is -1.62. The normalized spacial score (nSPS) is 11.2. The van der Waals surface area contributed by atoms with Crippen LogP contribution < -0.4 is 5.32 Å². The fourth-order valence-corrected chi connectivity index (χ4v) is 1.01. The maximum absolute atomic E-state index is 10.6. The molecule has 0 fully saturated rings. The third-order valence-corrected chi connectivity index (χ3v) is 2.25. The first-order chi connectivity index (χ1) is 7.44. The van der Waals surface area contributed by atoms with Gasteiger partial charge in [0.15, 0.2) is 0 Å². The lowest BCUT2D eigenvalue weighted by Gasteiger charge is -2.23. The van der Waals surface area contributed by atoms with Gasteiger partial charge in [-0.05, 0) is 26.0 Å². The molecular weight excluding hydrogens is 208 g/mol. The third kappa shape index (κ3) is 3.51. The summed E-state index contributed by atoms with van der Waals surface area (Å²) >= 11 is 0. The molecule has 0 aliphatic carbocycles. The minimum Gasteiger partial charge on any atom is -0.477 e. The van der Waals surface area contributed by atoms with Crippen LogP contribution in [0, 0.1) is 0 Å². The number of pyridine rings is 1. The highest BCUT2D eigenvalue weighted by atomic mass is 16.5. The zero-order valence-corrected chi connectivity index (χ0v) is 9.65. The van der Waals surface area contributed by atoms with E-state index in [0.29, 0.717) is 6.54 Å². The maximum atomic E-state index is 10.6. The Morgan fingerprint density at radius 1 is 1.56 bits per heavy atom. The Kier molecular flexibility index (Phi) is 3.84. The number of rotatable bonds is 5. The summed E-state index contributed by atoms with van der Waals surface area (Å²) < 4.78 is 5.24. The maximum Gasteiger partial charge on any atom is 0.354 e. The molecule has 0 radical (unpaired) electrons. The number of carbonyl (C=O) groups is 1. The van der Waals surface area contributed by atoms with Crippen molar-refractivity contribution in [3.05, 3.63) is 24.0 Å². The molecule has 5 heteroatoms. The predicted molar refractivity (Wildman–Crippen MR) is 60.8 cm³/mol. The lowest BCUT2D eigenvalue weighted by Crippen LogP contribution is -2.32. The van der Waals surface area contributed by atoms with Gasteiger partial charge in [-0.2, -0.15) is 0 Å². The van der Waals surface area contributed by atoms with E-state index in [9.17, 15) is 4.79 Å². The van der Waals surface area contributed by atoms with Crippen molar-refractivity contribution in [2.75, 3.05) is 19.0 Å². The molecule has 0 unspecified atom stereocenters. The van der Waals surface area contributed by atoms with Crippen molar-refractivity contribution in [1.82, 2.24) is 4.98 Å². The predicted octanol–water partition coefficient (Wildman–Crippen LogP) is 1.62. The van der Waals surface area contributed by atoms with Crippen LogP contribution in [0.1, 0.15) is 24.3 Å². The summed E-state index contributed by atoms with van der Waals surface area (Å²) in [6.07, 6.45) is 1.50. The zero-order chi connectivity index (χ0) is 12.2. The molecule has 2 N–H and O–H groups in total. The Labute approximate surface area is 94.5 Å². The van der Waals surface area contributed by atoms with E-state index in [1.807, 2.05) is 13.8 Å². The van der Waals surface area contributed by atoms with Crippen molar-refractivity contribution in [1.29, 1.82) is 0 Å². The molecule has 0 saturated heterocycles. The van der Waals surface area contributed by atoms with Crippen LogP contribution in [0.5, 0.6) is 0 Å². The molecule has 0 aromatic carbocycles. The molecule has 1 aromatic heterocycles. The number of nitrogens with zero attached hydrogens (tertiary/aromatic N) is 1. The van der Waals surface area contributed by atoms with Crippen molar-refractivity contribution in [2.45, 2.75) is 19.4 Å². The van der Waals surface area contributed by atoms with E-state index in [1.54, 1.807) is 13.2 Å². The molecule has 1 rings (SSSR count). The topological polar surface area (TPSA) is 71.5 Å². The smallest absolute Gasteiger partial charge is 0.354 e. The van der Waals surface area contributed by atoms with Gasteiger partial charge >= 0.3 is 5.97 Å². The number of hydrogen-bond donors (Lipinski definition) is 2. The van der Waals surface area contributed by atoms with Crippen LogP contribution in [-0.4, -0.2) is 35.3 Å². The summed E-state index contributed by atoms with van der Waals surface area (Å²) in [7, 11) is 1.65. The average Bonchev–Trinajstić information content (AvgIpc) is 2.27. The monoisotopic (exact) mass is 224 g/mol. The summed E-state index contributed by atoms with van der Waals surface area (Å²) in [6, 6.07) is 3.15. The highest BCUT2D eigenvalue weighted by Gasteiger charge is 2.15. The van der Waals surface area contributed by atoms with Crippen LogP contribution >= 0.6 is 0 Å². The summed E-state index contributed by atoms with van der Waals surface area (Å²) in [5.74, 6) is -1.02. The van der Waals surface area contributed by atoms with Gasteiger partial charge in [0, 0.05) is 13.7 Å². The van der Waals surface area contributed by atoms with Crippen LogP contribution in [0.2, 0.25) is 0 Å². The second kappa shape index (κ2) is 4.94. The highest BCUT2D eigenvalue weighted by molar-refractivity contribution is 5.85. The minimum atomic E-state index is -1.02. The molecule has 0 spiro atoms. The van der Waals surface area contributed by atoms with Gasteiger partial charge in [-0.1, -0.05) is 0 Å². The van der Waals surface area contributed by atoms with E-state index in [4.69, 9.17) is 9.84 Å². The Morgan fingerprint density at radius 3 is 2.69 bits per heavy atom. The van der Waals surface area contributed by atoms with Crippen molar-refractivity contribution < 1.29 is 14.6 Å². The second-order valence-electron chi connectivity index (χ2n) is 4.05. The summed E-state index contributed by atoms with van der Waals surface area (Å²) in [4.78, 5) is 14.4. The van der Waals surface area contributed by atoms with E-state index >= 15 is 0 Å².